The molecular formula is C13H19N3O2. The maximum atomic E-state index is 8.67. The molecule has 5 heteroatoms. The van der Waals surface area contributed by atoms with Gasteiger partial charge in [-0.3, -0.25) is 4.90 Å². The second kappa shape index (κ2) is 5.84. The first-order valence-electron chi connectivity index (χ1n) is 6.06. The average Bonchev–Trinajstić information content (AvgIpc) is 2.41. The molecule has 0 amide bonds. The molecule has 1 aliphatic heterocycles. The van der Waals surface area contributed by atoms with Crippen LogP contribution in [-0.2, 0) is 11.3 Å². The summed E-state index contributed by atoms with van der Waals surface area (Å²) < 4.78 is 5.47. The second-order valence-corrected chi connectivity index (χ2v) is 4.55. The van der Waals surface area contributed by atoms with E-state index in [2.05, 4.69) is 29.1 Å². The number of aryl methyl sites for hydroxylation is 1. The molecule has 0 aliphatic carbocycles. The van der Waals surface area contributed by atoms with Crippen molar-refractivity contribution in [3.8, 4) is 0 Å². The highest BCUT2D eigenvalue weighted by Crippen LogP contribution is 2.13. The van der Waals surface area contributed by atoms with Crippen LogP contribution >= 0.6 is 0 Å². The summed E-state index contributed by atoms with van der Waals surface area (Å²) >= 11 is 0. The van der Waals surface area contributed by atoms with E-state index in [1.54, 1.807) is 0 Å². The van der Waals surface area contributed by atoms with Crippen molar-refractivity contribution in [3.63, 3.8) is 0 Å². The summed E-state index contributed by atoms with van der Waals surface area (Å²) in [6.07, 6.45) is -0.312. The van der Waals surface area contributed by atoms with Gasteiger partial charge in [0.15, 0.2) is 5.84 Å². The number of amidine groups is 1. The molecule has 0 radical (unpaired) electrons. The van der Waals surface area contributed by atoms with Gasteiger partial charge in [0.1, 0.15) is 6.10 Å². The molecule has 1 atom stereocenters. The number of rotatable bonds is 3. The van der Waals surface area contributed by atoms with Gasteiger partial charge in [0.05, 0.1) is 6.61 Å². The maximum absolute atomic E-state index is 8.67. The Morgan fingerprint density at radius 1 is 1.56 bits per heavy atom. The highest BCUT2D eigenvalue weighted by Gasteiger charge is 2.24. The molecule has 18 heavy (non-hydrogen) atoms. The third-order valence-corrected chi connectivity index (χ3v) is 3.25. The lowest BCUT2D eigenvalue weighted by molar-refractivity contribution is 0.00135. The fourth-order valence-corrected chi connectivity index (χ4v) is 2.12. The summed E-state index contributed by atoms with van der Waals surface area (Å²) in [4.78, 5) is 2.26. The van der Waals surface area contributed by atoms with E-state index in [1.807, 2.05) is 12.1 Å². The zero-order valence-corrected chi connectivity index (χ0v) is 10.5. The molecule has 1 saturated heterocycles. The van der Waals surface area contributed by atoms with E-state index in [1.165, 1.54) is 11.1 Å². The third kappa shape index (κ3) is 3.00. The molecule has 1 aromatic carbocycles. The first kappa shape index (κ1) is 12.9. The predicted octanol–water partition coefficient (Wildman–Crippen LogP) is 0.942. The van der Waals surface area contributed by atoms with Crippen LogP contribution in [0.15, 0.2) is 29.4 Å². The molecule has 3 N–H and O–H groups in total. The van der Waals surface area contributed by atoms with E-state index >= 15 is 0 Å². The van der Waals surface area contributed by atoms with Gasteiger partial charge in [0, 0.05) is 19.6 Å². The molecular weight excluding hydrogens is 230 g/mol. The predicted molar refractivity (Wildman–Crippen MR) is 69.6 cm³/mol. The van der Waals surface area contributed by atoms with Crippen molar-refractivity contribution in [2.45, 2.75) is 19.6 Å². The lowest BCUT2D eigenvalue weighted by Gasteiger charge is -2.32. The van der Waals surface area contributed by atoms with Crippen molar-refractivity contribution in [1.82, 2.24) is 4.90 Å². The Bertz CT molecular complexity index is 434. The number of benzene rings is 1. The fourth-order valence-electron chi connectivity index (χ4n) is 2.12. The van der Waals surface area contributed by atoms with Crippen molar-refractivity contribution in [3.05, 3.63) is 35.4 Å². The molecule has 1 aromatic rings. The van der Waals surface area contributed by atoms with E-state index in [-0.39, 0.29) is 11.9 Å². The summed E-state index contributed by atoms with van der Waals surface area (Å²) in [7, 11) is 0. The Labute approximate surface area is 107 Å². The molecule has 1 aliphatic rings. The summed E-state index contributed by atoms with van der Waals surface area (Å²) in [5.74, 6) is 0.143. The van der Waals surface area contributed by atoms with Gasteiger partial charge >= 0.3 is 0 Å². The SMILES string of the molecule is Cc1ccccc1CN1CCOC(C(N)=NO)C1. The molecule has 1 fully saturated rings. The van der Waals surface area contributed by atoms with E-state index in [4.69, 9.17) is 15.7 Å². The van der Waals surface area contributed by atoms with Crippen LogP contribution in [0.25, 0.3) is 0 Å². The topological polar surface area (TPSA) is 71.1 Å². The Morgan fingerprint density at radius 3 is 3.06 bits per heavy atom. The van der Waals surface area contributed by atoms with Crippen molar-refractivity contribution >= 4 is 5.84 Å². The van der Waals surface area contributed by atoms with Crippen molar-refractivity contribution in [2.24, 2.45) is 10.9 Å². The minimum Gasteiger partial charge on any atom is -0.409 e. The molecule has 98 valence electrons. The molecule has 1 unspecified atom stereocenters. The third-order valence-electron chi connectivity index (χ3n) is 3.25. The second-order valence-electron chi connectivity index (χ2n) is 4.55. The normalized spacial score (nSPS) is 22.1. The Balaban J connectivity index is 2.00. The van der Waals surface area contributed by atoms with Gasteiger partial charge in [-0.05, 0) is 18.1 Å². The largest absolute Gasteiger partial charge is 0.409 e. The Hall–Kier alpha value is -1.59. The van der Waals surface area contributed by atoms with Crippen LogP contribution in [0.5, 0.6) is 0 Å². The molecule has 0 spiro atoms. The lowest BCUT2D eigenvalue weighted by atomic mass is 10.1. The summed E-state index contributed by atoms with van der Waals surface area (Å²) in [6, 6.07) is 8.32. The summed E-state index contributed by atoms with van der Waals surface area (Å²) in [5.41, 5.74) is 8.17. The molecule has 0 bridgehead atoms. The van der Waals surface area contributed by atoms with Gasteiger partial charge in [0.2, 0.25) is 0 Å². The fraction of sp³-hybridized carbons (Fsp3) is 0.462. The van der Waals surface area contributed by atoms with Crippen LogP contribution in [0.3, 0.4) is 0 Å². The van der Waals surface area contributed by atoms with Gasteiger partial charge in [-0.25, -0.2) is 0 Å². The van der Waals surface area contributed by atoms with E-state index in [9.17, 15) is 0 Å². The van der Waals surface area contributed by atoms with E-state index in [0.29, 0.717) is 13.2 Å². The standard InChI is InChI=1S/C13H19N3O2/c1-10-4-2-3-5-11(10)8-16-6-7-18-12(9-16)13(14)15-17/h2-5,12,17H,6-9H2,1H3,(H2,14,15). The number of hydrogen-bond donors (Lipinski definition) is 2. The Morgan fingerprint density at radius 2 is 2.33 bits per heavy atom. The van der Waals surface area contributed by atoms with E-state index in [0.717, 1.165) is 13.1 Å². The average molecular weight is 249 g/mol. The van der Waals surface area contributed by atoms with Gasteiger partial charge in [0.25, 0.3) is 0 Å². The van der Waals surface area contributed by atoms with Crippen molar-refractivity contribution in [1.29, 1.82) is 0 Å². The Kier molecular flexibility index (Phi) is 4.17. The highest BCUT2D eigenvalue weighted by atomic mass is 16.5. The molecule has 5 nitrogen and oxygen atoms in total. The zero-order chi connectivity index (χ0) is 13.0. The molecule has 0 saturated carbocycles. The number of morpholine rings is 1. The zero-order valence-electron chi connectivity index (χ0n) is 10.5. The van der Waals surface area contributed by atoms with Crippen LogP contribution in [-0.4, -0.2) is 41.7 Å². The minimum atomic E-state index is -0.312. The van der Waals surface area contributed by atoms with Crippen LogP contribution < -0.4 is 5.73 Å². The molecule has 2 rings (SSSR count). The van der Waals surface area contributed by atoms with Gasteiger partial charge in [-0.2, -0.15) is 0 Å². The number of ether oxygens (including phenoxy) is 1. The van der Waals surface area contributed by atoms with Crippen LogP contribution in [0.1, 0.15) is 11.1 Å². The summed E-state index contributed by atoms with van der Waals surface area (Å²) in [6.45, 7) is 5.10. The van der Waals surface area contributed by atoms with Crippen LogP contribution in [0, 0.1) is 6.92 Å². The number of nitrogens with two attached hydrogens (primary N) is 1. The van der Waals surface area contributed by atoms with Gasteiger partial charge in [-0.1, -0.05) is 29.4 Å². The van der Waals surface area contributed by atoms with Gasteiger partial charge < -0.3 is 15.7 Å². The van der Waals surface area contributed by atoms with Crippen molar-refractivity contribution < 1.29 is 9.94 Å². The monoisotopic (exact) mass is 249 g/mol. The highest BCUT2D eigenvalue weighted by molar-refractivity contribution is 5.84. The van der Waals surface area contributed by atoms with Gasteiger partial charge in [-0.15, -0.1) is 0 Å². The lowest BCUT2D eigenvalue weighted by Crippen LogP contribution is -2.48. The van der Waals surface area contributed by atoms with Crippen molar-refractivity contribution in [2.75, 3.05) is 19.7 Å². The first-order chi connectivity index (χ1) is 8.70. The molecule has 1 heterocycles. The minimum absolute atomic E-state index is 0.143. The first-order valence-corrected chi connectivity index (χ1v) is 6.06. The molecule has 0 aromatic heterocycles. The van der Waals surface area contributed by atoms with Crippen LogP contribution in [0.2, 0.25) is 0 Å². The maximum Gasteiger partial charge on any atom is 0.169 e. The quantitative estimate of drug-likeness (QED) is 0.362. The number of oxime groups is 1. The van der Waals surface area contributed by atoms with Crippen LogP contribution in [0.4, 0.5) is 0 Å². The number of nitrogens with zero attached hydrogens (tertiary/aromatic N) is 2. The summed E-state index contributed by atoms with van der Waals surface area (Å²) in [5, 5.41) is 11.7. The van der Waals surface area contributed by atoms with E-state index < -0.39 is 0 Å². The smallest absolute Gasteiger partial charge is 0.169 e. The number of hydrogen-bond acceptors (Lipinski definition) is 4.